The SMILES string of the molecule is CC(NC(=O)NC1CC1)c1nc(-c2ccccc2)cs1. The number of carbonyl (C=O) groups is 1. The maximum absolute atomic E-state index is 11.7. The van der Waals surface area contributed by atoms with Gasteiger partial charge in [-0.25, -0.2) is 9.78 Å². The minimum atomic E-state index is -0.100. The molecule has 2 N–H and O–H groups in total. The molecule has 2 amide bonds. The van der Waals surface area contributed by atoms with Crippen LogP contribution in [0.5, 0.6) is 0 Å². The van der Waals surface area contributed by atoms with Crippen LogP contribution in [0.4, 0.5) is 4.79 Å². The van der Waals surface area contributed by atoms with Crippen LogP contribution < -0.4 is 10.6 Å². The second kappa shape index (κ2) is 5.63. The molecular weight excluding hydrogens is 270 g/mol. The number of amides is 2. The van der Waals surface area contributed by atoms with E-state index in [2.05, 4.69) is 15.6 Å². The van der Waals surface area contributed by atoms with E-state index in [0.717, 1.165) is 29.1 Å². The Kier molecular flexibility index (Phi) is 3.69. The normalized spacial score (nSPS) is 15.7. The Morgan fingerprint density at radius 3 is 2.80 bits per heavy atom. The Bertz CT molecular complexity index is 592. The molecule has 104 valence electrons. The topological polar surface area (TPSA) is 54.0 Å². The summed E-state index contributed by atoms with van der Waals surface area (Å²) in [7, 11) is 0. The largest absolute Gasteiger partial charge is 0.335 e. The summed E-state index contributed by atoms with van der Waals surface area (Å²) >= 11 is 1.58. The first-order valence-corrected chi connectivity index (χ1v) is 7.68. The summed E-state index contributed by atoms with van der Waals surface area (Å²) in [6.07, 6.45) is 2.19. The van der Waals surface area contributed by atoms with Crippen molar-refractivity contribution in [2.45, 2.75) is 31.8 Å². The molecule has 1 fully saturated rings. The van der Waals surface area contributed by atoms with Gasteiger partial charge in [-0.05, 0) is 19.8 Å². The standard InChI is InChI=1S/C15H17N3OS/c1-10(16-15(19)17-12-7-8-12)14-18-13(9-20-14)11-5-3-2-4-6-11/h2-6,9-10,12H,7-8H2,1H3,(H2,16,17,19). The summed E-state index contributed by atoms with van der Waals surface area (Å²) in [4.78, 5) is 16.3. The van der Waals surface area contributed by atoms with Gasteiger partial charge in [0.2, 0.25) is 0 Å². The molecule has 1 unspecified atom stereocenters. The van der Waals surface area contributed by atoms with E-state index in [9.17, 15) is 4.79 Å². The summed E-state index contributed by atoms with van der Waals surface area (Å²) in [5, 5.41) is 8.81. The fourth-order valence-corrected chi connectivity index (χ4v) is 2.78. The second-order valence-electron chi connectivity index (χ2n) is 5.05. The molecule has 0 bridgehead atoms. The molecule has 0 aliphatic heterocycles. The molecule has 3 rings (SSSR count). The van der Waals surface area contributed by atoms with Gasteiger partial charge < -0.3 is 10.6 Å². The van der Waals surface area contributed by atoms with E-state index < -0.39 is 0 Å². The molecule has 5 heteroatoms. The van der Waals surface area contributed by atoms with Gasteiger partial charge in [-0.3, -0.25) is 0 Å². The van der Waals surface area contributed by atoms with Gasteiger partial charge in [-0.2, -0.15) is 0 Å². The molecule has 0 radical (unpaired) electrons. The highest BCUT2D eigenvalue weighted by molar-refractivity contribution is 7.10. The van der Waals surface area contributed by atoms with E-state index in [0.29, 0.717) is 6.04 Å². The van der Waals surface area contributed by atoms with Gasteiger partial charge in [-0.15, -0.1) is 11.3 Å². The average Bonchev–Trinajstić information content (AvgIpc) is 3.12. The third kappa shape index (κ3) is 3.17. The highest BCUT2D eigenvalue weighted by Crippen LogP contribution is 2.25. The molecule has 1 aromatic heterocycles. The summed E-state index contributed by atoms with van der Waals surface area (Å²) in [6.45, 7) is 1.96. The summed E-state index contributed by atoms with van der Waals surface area (Å²) in [6, 6.07) is 10.3. The fourth-order valence-electron chi connectivity index (χ4n) is 1.94. The zero-order chi connectivity index (χ0) is 13.9. The van der Waals surface area contributed by atoms with E-state index in [-0.39, 0.29) is 12.1 Å². The van der Waals surface area contributed by atoms with Gasteiger partial charge in [0, 0.05) is 17.0 Å². The fraction of sp³-hybridized carbons (Fsp3) is 0.333. The number of hydrogen-bond acceptors (Lipinski definition) is 3. The number of benzene rings is 1. The van der Waals surface area contributed by atoms with Gasteiger partial charge in [0.15, 0.2) is 0 Å². The average molecular weight is 287 g/mol. The van der Waals surface area contributed by atoms with Crippen molar-refractivity contribution in [3.8, 4) is 11.3 Å². The third-order valence-corrected chi connectivity index (χ3v) is 4.25. The molecule has 1 aromatic carbocycles. The minimum Gasteiger partial charge on any atom is -0.335 e. The smallest absolute Gasteiger partial charge is 0.315 e. The number of nitrogens with zero attached hydrogens (tertiary/aromatic N) is 1. The lowest BCUT2D eigenvalue weighted by Crippen LogP contribution is -2.38. The van der Waals surface area contributed by atoms with Gasteiger partial charge in [0.05, 0.1) is 11.7 Å². The van der Waals surface area contributed by atoms with E-state index in [1.54, 1.807) is 11.3 Å². The first kappa shape index (κ1) is 13.1. The molecule has 1 aliphatic rings. The molecule has 4 nitrogen and oxygen atoms in total. The number of aromatic nitrogens is 1. The maximum Gasteiger partial charge on any atom is 0.315 e. The first-order valence-electron chi connectivity index (χ1n) is 6.80. The number of hydrogen-bond donors (Lipinski definition) is 2. The van der Waals surface area contributed by atoms with Crippen molar-refractivity contribution in [1.82, 2.24) is 15.6 Å². The summed E-state index contributed by atoms with van der Waals surface area (Å²) in [5.74, 6) is 0. The van der Waals surface area contributed by atoms with Crippen LogP contribution in [-0.2, 0) is 0 Å². The Labute approximate surface area is 122 Å². The molecule has 1 saturated carbocycles. The van der Waals surface area contributed by atoms with Crippen molar-refractivity contribution in [2.75, 3.05) is 0 Å². The van der Waals surface area contributed by atoms with Crippen molar-refractivity contribution < 1.29 is 4.79 Å². The highest BCUT2D eigenvalue weighted by Gasteiger charge is 2.24. The van der Waals surface area contributed by atoms with Gasteiger partial charge in [0.1, 0.15) is 5.01 Å². The van der Waals surface area contributed by atoms with Crippen molar-refractivity contribution in [1.29, 1.82) is 0 Å². The lowest BCUT2D eigenvalue weighted by molar-refractivity contribution is 0.237. The van der Waals surface area contributed by atoms with Crippen LogP contribution in [0, 0.1) is 0 Å². The molecule has 0 spiro atoms. The van der Waals surface area contributed by atoms with Crippen molar-refractivity contribution in [3.63, 3.8) is 0 Å². The van der Waals surface area contributed by atoms with E-state index in [1.807, 2.05) is 42.6 Å². The van der Waals surface area contributed by atoms with E-state index in [1.165, 1.54) is 0 Å². The predicted molar refractivity (Wildman–Crippen MR) is 80.7 cm³/mol. The zero-order valence-electron chi connectivity index (χ0n) is 11.3. The van der Waals surface area contributed by atoms with Crippen LogP contribution in [0.1, 0.15) is 30.8 Å². The van der Waals surface area contributed by atoms with Crippen molar-refractivity contribution in [3.05, 3.63) is 40.7 Å². The van der Waals surface area contributed by atoms with Crippen LogP contribution in [0.3, 0.4) is 0 Å². The molecule has 2 aromatic rings. The van der Waals surface area contributed by atoms with Gasteiger partial charge in [-0.1, -0.05) is 30.3 Å². The van der Waals surface area contributed by atoms with Crippen LogP contribution in [0.2, 0.25) is 0 Å². The van der Waals surface area contributed by atoms with E-state index >= 15 is 0 Å². The minimum absolute atomic E-state index is 0.0730. The van der Waals surface area contributed by atoms with Crippen LogP contribution in [0.15, 0.2) is 35.7 Å². The number of carbonyl (C=O) groups excluding carboxylic acids is 1. The van der Waals surface area contributed by atoms with E-state index in [4.69, 9.17) is 0 Å². The molecule has 20 heavy (non-hydrogen) atoms. The quantitative estimate of drug-likeness (QED) is 0.906. The zero-order valence-corrected chi connectivity index (χ0v) is 12.1. The first-order chi connectivity index (χ1) is 9.72. The summed E-state index contributed by atoms with van der Waals surface area (Å²) in [5.41, 5.74) is 2.06. The summed E-state index contributed by atoms with van der Waals surface area (Å²) < 4.78 is 0. The van der Waals surface area contributed by atoms with Crippen molar-refractivity contribution in [2.24, 2.45) is 0 Å². The number of nitrogens with one attached hydrogen (secondary N) is 2. The van der Waals surface area contributed by atoms with Gasteiger partial charge >= 0.3 is 6.03 Å². The number of rotatable bonds is 4. The Hall–Kier alpha value is -1.88. The molecule has 0 saturated heterocycles. The molecule has 1 heterocycles. The second-order valence-corrected chi connectivity index (χ2v) is 5.94. The molecule has 1 aliphatic carbocycles. The van der Waals surface area contributed by atoms with Gasteiger partial charge in [0.25, 0.3) is 0 Å². The van der Waals surface area contributed by atoms with Crippen LogP contribution in [0.25, 0.3) is 11.3 Å². The molecular formula is C15H17N3OS. The number of thiazole rings is 1. The predicted octanol–water partition coefficient (Wildman–Crippen LogP) is 3.33. The van der Waals surface area contributed by atoms with Crippen LogP contribution in [-0.4, -0.2) is 17.1 Å². The van der Waals surface area contributed by atoms with Crippen LogP contribution >= 0.6 is 11.3 Å². The Morgan fingerprint density at radius 2 is 2.10 bits per heavy atom. The lowest BCUT2D eigenvalue weighted by Gasteiger charge is -2.11. The monoisotopic (exact) mass is 287 g/mol. The lowest BCUT2D eigenvalue weighted by atomic mass is 10.2. The maximum atomic E-state index is 11.7. The number of urea groups is 1. The third-order valence-electron chi connectivity index (χ3n) is 3.22. The Morgan fingerprint density at radius 1 is 1.35 bits per heavy atom. The highest BCUT2D eigenvalue weighted by atomic mass is 32.1. The Balaban J connectivity index is 1.65. The van der Waals surface area contributed by atoms with Crippen molar-refractivity contribution >= 4 is 17.4 Å². The molecule has 1 atom stereocenters.